The van der Waals surface area contributed by atoms with E-state index in [1.165, 1.54) is 0 Å². The highest BCUT2D eigenvalue weighted by atomic mass is 16.5. The van der Waals surface area contributed by atoms with Crippen LogP contribution in [0.4, 0.5) is 5.69 Å². The number of hydrogen-bond donors (Lipinski definition) is 2. The summed E-state index contributed by atoms with van der Waals surface area (Å²) in [5.41, 5.74) is 6.55. The van der Waals surface area contributed by atoms with E-state index in [0.717, 1.165) is 82.6 Å². The molecule has 1 saturated heterocycles. The third kappa shape index (κ3) is 3.48. The lowest BCUT2D eigenvalue weighted by atomic mass is 10.2. The van der Waals surface area contributed by atoms with Gasteiger partial charge in [-0.2, -0.15) is 0 Å². The SMILES string of the molecule is COc1c(N2CCN(C)CC2)ccc2[nH]c(-c3ccc4nc(-c5ccccn5)[nH]c4c3)nc12. The first-order valence-corrected chi connectivity index (χ1v) is 11.1. The average Bonchev–Trinajstić information content (AvgIpc) is 3.48. The van der Waals surface area contributed by atoms with Crippen molar-refractivity contribution in [3.63, 3.8) is 0 Å². The fourth-order valence-corrected chi connectivity index (χ4v) is 4.46. The number of pyridine rings is 1. The summed E-state index contributed by atoms with van der Waals surface area (Å²) in [6, 6.07) is 16.1. The predicted molar refractivity (Wildman–Crippen MR) is 131 cm³/mol. The number of imidazole rings is 2. The molecule has 5 aromatic rings. The highest BCUT2D eigenvalue weighted by molar-refractivity contribution is 5.92. The molecule has 8 nitrogen and oxygen atoms in total. The van der Waals surface area contributed by atoms with Crippen LogP contribution in [0.15, 0.2) is 54.7 Å². The Morgan fingerprint density at radius 2 is 1.73 bits per heavy atom. The molecule has 1 aliphatic heterocycles. The van der Waals surface area contributed by atoms with Gasteiger partial charge in [-0.05, 0) is 49.5 Å². The molecule has 4 heterocycles. The van der Waals surface area contributed by atoms with E-state index in [1.807, 2.05) is 30.3 Å². The summed E-state index contributed by atoms with van der Waals surface area (Å²) in [4.78, 5) is 25.6. The van der Waals surface area contributed by atoms with Crippen molar-refractivity contribution in [3.05, 3.63) is 54.7 Å². The maximum absolute atomic E-state index is 5.85. The van der Waals surface area contributed by atoms with Crippen molar-refractivity contribution in [2.24, 2.45) is 0 Å². The van der Waals surface area contributed by atoms with E-state index in [2.05, 4.69) is 55.0 Å². The van der Waals surface area contributed by atoms with Crippen LogP contribution in [0, 0.1) is 0 Å². The van der Waals surface area contributed by atoms with Crippen LogP contribution in [0.25, 0.3) is 45.0 Å². The van der Waals surface area contributed by atoms with Crippen molar-refractivity contribution in [1.29, 1.82) is 0 Å². The maximum atomic E-state index is 5.85. The topological polar surface area (TPSA) is 86.0 Å². The van der Waals surface area contributed by atoms with Crippen molar-refractivity contribution in [1.82, 2.24) is 29.8 Å². The number of aromatic nitrogens is 5. The van der Waals surface area contributed by atoms with Crippen LogP contribution >= 0.6 is 0 Å². The lowest BCUT2D eigenvalue weighted by Gasteiger charge is -2.34. The van der Waals surface area contributed by atoms with E-state index in [9.17, 15) is 0 Å². The van der Waals surface area contributed by atoms with E-state index in [1.54, 1.807) is 13.3 Å². The Labute approximate surface area is 191 Å². The van der Waals surface area contributed by atoms with Crippen molar-refractivity contribution >= 4 is 27.8 Å². The molecule has 0 bridgehead atoms. The van der Waals surface area contributed by atoms with Gasteiger partial charge in [-0.15, -0.1) is 0 Å². The third-order valence-corrected chi connectivity index (χ3v) is 6.30. The fraction of sp³-hybridized carbons (Fsp3) is 0.240. The molecule has 8 heteroatoms. The molecule has 2 aromatic carbocycles. The zero-order chi connectivity index (χ0) is 22.4. The first-order valence-electron chi connectivity index (χ1n) is 11.1. The second-order valence-corrected chi connectivity index (χ2v) is 8.42. The van der Waals surface area contributed by atoms with Crippen LogP contribution in [-0.2, 0) is 0 Å². The number of fused-ring (bicyclic) bond motifs is 2. The molecule has 1 aliphatic rings. The Hall–Kier alpha value is -3.91. The summed E-state index contributed by atoms with van der Waals surface area (Å²) >= 11 is 0. The van der Waals surface area contributed by atoms with Gasteiger partial charge in [0.05, 0.1) is 29.3 Å². The Kier molecular flexibility index (Phi) is 4.73. The normalized spacial score (nSPS) is 14.9. The highest BCUT2D eigenvalue weighted by Gasteiger charge is 2.21. The van der Waals surface area contributed by atoms with Crippen LogP contribution in [0.2, 0.25) is 0 Å². The molecule has 0 saturated carbocycles. The van der Waals surface area contributed by atoms with Crippen molar-refractivity contribution < 1.29 is 4.74 Å². The standard InChI is InChI=1S/C25H25N7O/c1-31-11-13-32(14-12-31)21-9-8-18-22(23(21)33-2)30-24(28-18)16-6-7-17-20(15-16)29-25(27-17)19-5-3-4-10-26-19/h3-10,15H,11-14H2,1-2H3,(H,27,29)(H,28,30). The van der Waals surface area contributed by atoms with Gasteiger partial charge in [-0.1, -0.05) is 6.07 Å². The Morgan fingerprint density at radius 3 is 2.52 bits per heavy atom. The molecular weight excluding hydrogens is 414 g/mol. The van der Waals surface area contributed by atoms with Crippen LogP contribution in [0.3, 0.4) is 0 Å². The number of hydrogen-bond acceptors (Lipinski definition) is 6. The number of rotatable bonds is 4. The van der Waals surface area contributed by atoms with Crippen molar-refractivity contribution in [2.75, 3.05) is 45.2 Å². The van der Waals surface area contributed by atoms with E-state index < -0.39 is 0 Å². The molecule has 0 aliphatic carbocycles. The van der Waals surface area contributed by atoms with Crippen molar-refractivity contribution in [2.45, 2.75) is 0 Å². The molecule has 0 radical (unpaired) electrons. The van der Waals surface area contributed by atoms with E-state index in [4.69, 9.17) is 9.72 Å². The van der Waals surface area contributed by atoms with Gasteiger partial charge in [0, 0.05) is 37.9 Å². The van der Waals surface area contributed by atoms with E-state index >= 15 is 0 Å². The number of nitrogens with zero attached hydrogens (tertiary/aromatic N) is 5. The van der Waals surface area contributed by atoms with Gasteiger partial charge < -0.3 is 24.5 Å². The first-order chi connectivity index (χ1) is 16.2. The third-order valence-electron chi connectivity index (χ3n) is 6.30. The minimum Gasteiger partial charge on any atom is -0.492 e. The van der Waals surface area contributed by atoms with Gasteiger partial charge in [0.25, 0.3) is 0 Å². The minimum atomic E-state index is 0.755. The number of nitrogens with one attached hydrogen (secondary N) is 2. The smallest absolute Gasteiger partial charge is 0.169 e. The summed E-state index contributed by atoms with van der Waals surface area (Å²) in [7, 11) is 3.88. The van der Waals surface area contributed by atoms with Gasteiger partial charge in [-0.3, -0.25) is 4.98 Å². The summed E-state index contributed by atoms with van der Waals surface area (Å²) in [6.45, 7) is 4.03. The Morgan fingerprint density at radius 1 is 0.879 bits per heavy atom. The van der Waals surface area contributed by atoms with Crippen LogP contribution in [0.1, 0.15) is 0 Å². The number of ether oxygens (including phenoxy) is 1. The molecule has 3 aromatic heterocycles. The van der Waals surface area contributed by atoms with Gasteiger partial charge in [0.2, 0.25) is 0 Å². The number of H-pyrrole nitrogens is 2. The lowest BCUT2D eigenvalue weighted by molar-refractivity contribution is 0.311. The highest BCUT2D eigenvalue weighted by Crippen LogP contribution is 2.37. The van der Waals surface area contributed by atoms with Gasteiger partial charge in [0.1, 0.15) is 17.0 Å². The maximum Gasteiger partial charge on any atom is 0.169 e. The quantitative estimate of drug-likeness (QED) is 0.441. The molecule has 1 fully saturated rings. The largest absolute Gasteiger partial charge is 0.492 e. The zero-order valence-corrected chi connectivity index (χ0v) is 18.7. The lowest BCUT2D eigenvalue weighted by Crippen LogP contribution is -2.44. The summed E-state index contributed by atoms with van der Waals surface area (Å²) < 4.78 is 5.85. The Balaban J connectivity index is 1.38. The molecule has 0 amide bonds. The van der Waals surface area contributed by atoms with Crippen LogP contribution in [-0.4, -0.2) is 70.2 Å². The van der Waals surface area contributed by atoms with Gasteiger partial charge in [-0.25, -0.2) is 9.97 Å². The molecule has 2 N–H and O–H groups in total. The molecule has 0 atom stereocenters. The summed E-state index contributed by atoms with van der Waals surface area (Å²) in [5, 5.41) is 0. The number of methoxy groups -OCH3 is 1. The Bertz CT molecular complexity index is 1430. The zero-order valence-electron chi connectivity index (χ0n) is 18.7. The summed E-state index contributed by atoms with van der Waals surface area (Å²) in [6.07, 6.45) is 1.77. The molecule has 166 valence electrons. The number of aromatic amines is 2. The molecule has 0 unspecified atom stereocenters. The average molecular weight is 440 g/mol. The predicted octanol–water partition coefficient (Wildman–Crippen LogP) is 3.93. The second kappa shape index (κ2) is 7.90. The van der Waals surface area contributed by atoms with Crippen LogP contribution in [0.5, 0.6) is 5.75 Å². The van der Waals surface area contributed by atoms with Crippen molar-refractivity contribution in [3.8, 4) is 28.7 Å². The molecule has 0 spiro atoms. The van der Waals surface area contributed by atoms with Crippen LogP contribution < -0.4 is 9.64 Å². The number of piperazine rings is 1. The fourth-order valence-electron chi connectivity index (χ4n) is 4.46. The summed E-state index contributed by atoms with van der Waals surface area (Å²) in [5.74, 6) is 2.38. The van der Waals surface area contributed by atoms with Gasteiger partial charge in [0.15, 0.2) is 11.6 Å². The number of likely N-dealkylation sites (N-methyl/N-ethyl adjacent to an activating group) is 1. The molecular formula is C25H25N7O. The number of benzene rings is 2. The monoisotopic (exact) mass is 439 g/mol. The number of anilines is 1. The van der Waals surface area contributed by atoms with Gasteiger partial charge >= 0.3 is 0 Å². The first kappa shape index (κ1) is 19.8. The molecule has 6 rings (SSSR count). The van der Waals surface area contributed by atoms with E-state index in [0.29, 0.717) is 0 Å². The van der Waals surface area contributed by atoms with E-state index in [-0.39, 0.29) is 0 Å². The minimum absolute atomic E-state index is 0.755. The second-order valence-electron chi connectivity index (χ2n) is 8.42. The molecule has 33 heavy (non-hydrogen) atoms.